The summed E-state index contributed by atoms with van der Waals surface area (Å²) in [5, 5.41) is 12.1. The maximum Gasteiger partial charge on any atom is 0.123 e. The molecule has 0 unspecified atom stereocenters. The molecule has 0 amide bonds. The first-order valence-electron chi connectivity index (χ1n) is 9.05. The van der Waals surface area contributed by atoms with Crippen LogP contribution in [0, 0.1) is 12.7 Å². The van der Waals surface area contributed by atoms with E-state index in [0.717, 1.165) is 36.3 Å². The van der Waals surface area contributed by atoms with E-state index >= 15 is 0 Å². The normalized spacial score (nSPS) is 11.3. The number of hydrogen-bond donors (Lipinski definition) is 3. The van der Waals surface area contributed by atoms with Gasteiger partial charge in [-0.25, -0.2) is 4.39 Å². The topological polar surface area (TPSA) is 36.1 Å². The van der Waals surface area contributed by atoms with Crippen LogP contribution in [-0.4, -0.2) is 14.1 Å². The first kappa shape index (κ1) is 20.2. The fraction of sp³-hybridized carbons (Fsp3) is 0.333. The smallest absolute Gasteiger partial charge is 0.123 e. The minimum Gasteiger partial charge on any atom is -0.316 e. The molecule has 0 atom stereocenters. The van der Waals surface area contributed by atoms with Gasteiger partial charge in [0.2, 0.25) is 0 Å². The number of benzene rings is 1. The molecule has 0 fully saturated rings. The zero-order valence-electron chi connectivity index (χ0n) is 16.0. The van der Waals surface area contributed by atoms with Crippen LogP contribution in [0.1, 0.15) is 25.8 Å². The second-order valence-corrected chi connectivity index (χ2v) is 8.76. The Morgan fingerprint density at radius 3 is 2.37 bits per heavy atom. The second-order valence-electron chi connectivity index (χ2n) is 6.54. The Hall–Kier alpha value is -1.57. The van der Waals surface area contributed by atoms with Gasteiger partial charge in [0.1, 0.15) is 5.82 Å². The first-order valence-corrected chi connectivity index (χ1v) is 10.7. The Morgan fingerprint density at radius 1 is 0.889 bits per heavy atom. The van der Waals surface area contributed by atoms with Crippen molar-refractivity contribution >= 4 is 22.7 Å². The number of hydrogen-bond acceptors (Lipinski definition) is 5. The van der Waals surface area contributed by atoms with Crippen LogP contribution in [-0.2, 0) is 26.2 Å². The Labute approximate surface area is 168 Å². The highest BCUT2D eigenvalue weighted by atomic mass is 32.1. The predicted octanol–water partition coefficient (Wildman–Crippen LogP) is 4.65. The average Bonchev–Trinajstić information content (AvgIpc) is 3.23. The van der Waals surface area contributed by atoms with E-state index in [1.54, 1.807) is 28.7 Å². The van der Waals surface area contributed by atoms with Crippen molar-refractivity contribution in [3.05, 3.63) is 67.3 Å². The lowest BCUT2D eigenvalue weighted by Crippen LogP contribution is -2.12. The maximum absolute atomic E-state index is 14.0. The quantitative estimate of drug-likeness (QED) is 0.487. The van der Waals surface area contributed by atoms with Gasteiger partial charge in [-0.15, -0.1) is 22.7 Å². The summed E-state index contributed by atoms with van der Waals surface area (Å²) in [6.07, 6.45) is 0. The molecule has 0 radical (unpaired) electrons. The zero-order valence-corrected chi connectivity index (χ0v) is 17.6. The van der Waals surface area contributed by atoms with E-state index in [1.807, 2.05) is 20.2 Å². The SMILES string of the molecule is CNCc1cc(-c2cc(F)ccc2CNC)c(CNCc2sccc2C)s1. The maximum atomic E-state index is 14.0. The summed E-state index contributed by atoms with van der Waals surface area (Å²) in [6.45, 7) is 5.31. The summed E-state index contributed by atoms with van der Waals surface area (Å²) in [7, 11) is 3.87. The van der Waals surface area contributed by atoms with Crippen molar-refractivity contribution in [1.82, 2.24) is 16.0 Å². The highest BCUT2D eigenvalue weighted by molar-refractivity contribution is 7.12. The van der Waals surface area contributed by atoms with Crippen molar-refractivity contribution in [2.24, 2.45) is 0 Å². The van der Waals surface area contributed by atoms with E-state index in [0.29, 0.717) is 6.54 Å². The van der Waals surface area contributed by atoms with Gasteiger partial charge in [-0.2, -0.15) is 0 Å². The Balaban J connectivity index is 1.88. The van der Waals surface area contributed by atoms with E-state index in [4.69, 9.17) is 0 Å². The number of aryl methyl sites for hydroxylation is 1. The summed E-state index contributed by atoms with van der Waals surface area (Å²) in [5.74, 6) is -0.195. The van der Waals surface area contributed by atoms with Gasteiger partial charge in [0.15, 0.2) is 0 Å². The van der Waals surface area contributed by atoms with E-state index in [1.165, 1.54) is 26.3 Å². The second kappa shape index (κ2) is 9.57. The molecule has 3 nitrogen and oxygen atoms in total. The minimum absolute atomic E-state index is 0.195. The highest BCUT2D eigenvalue weighted by Crippen LogP contribution is 2.34. The lowest BCUT2D eigenvalue weighted by atomic mass is 9.99. The molecule has 144 valence electrons. The fourth-order valence-corrected chi connectivity index (χ4v) is 5.16. The Bertz CT molecular complexity index is 885. The van der Waals surface area contributed by atoms with E-state index in [9.17, 15) is 4.39 Å². The molecule has 0 aliphatic heterocycles. The monoisotopic (exact) mass is 403 g/mol. The van der Waals surface area contributed by atoms with E-state index in [-0.39, 0.29) is 5.82 Å². The fourth-order valence-electron chi connectivity index (χ4n) is 3.12. The van der Waals surface area contributed by atoms with Gasteiger partial charge in [0, 0.05) is 40.8 Å². The van der Waals surface area contributed by atoms with Crippen LogP contribution in [0.4, 0.5) is 4.39 Å². The van der Waals surface area contributed by atoms with Crippen molar-refractivity contribution in [1.29, 1.82) is 0 Å². The van der Waals surface area contributed by atoms with Crippen molar-refractivity contribution in [3.63, 3.8) is 0 Å². The van der Waals surface area contributed by atoms with Crippen molar-refractivity contribution < 1.29 is 4.39 Å². The highest BCUT2D eigenvalue weighted by Gasteiger charge is 2.15. The summed E-state index contributed by atoms with van der Waals surface area (Å²) < 4.78 is 14.0. The van der Waals surface area contributed by atoms with Crippen LogP contribution in [0.3, 0.4) is 0 Å². The molecular formula is C21H26FN3S2. The van der Waals surface area contributed by atoms with Crippen LogP contribution in [0.25, 0.3) is 11.1 Å². The third-order valence-corrected chi connectivity index (χ3v) is 6.64. The van der Waals surface area contributed by atoms with Gasteiger partial charge >= 0.3 is 0 Å². The van der Waals surface area contributed by atoms with Gasteiger partial charge in [-0.1, -0.05) is 6.07 Å². The number of halogens is 1. The van der Waals surface area contributed by atoms with Crippen LogP contribution >= 0.6 is 22.7 Å². The standard InChI is InChI=1S/C21H26FN3S2/c1-14-6-7-26-20(14)12-25-13-21-19(9-17(27-21)11-24-3)18-8-16(22)5-4-15(18)10-23-2/h4-9,23-25H,10-13H2,1-3H3. The van der Waals surface area contributed by atoms with Crippen molar-refractivity contribution in [3.8, 4) is 11.1 Å². The zero-order chi connectivity index (χ0) is 19.2. The van der Waals surface area contributed by atoms with Crippen LogP contribution in [0.5, 0.6) is 0 Å². The summed E-state index contributed by atoms with van der Waals surface area (Å²) in [6, 6.07) is 9.42. The van der Waals surface area contributed by atoms with Gasteiger partial charge in [-0.3, -0.25) is 0 Å². The molecule has 0 saturated heterocycles. The van der Waals surface area contributed by atoms with Gasteiger partial charge in [0.05, 0.1) is 0 Å². The van der Waals surface area contributed by atoms with Crippen LogP contribution in [0.2, 0.25) is 0 Å². The lowest BCUT2D eigenvalue weighted by Gasteiger charge is -2.11. The summed E-state index contributed by atoms with van der Waals surface area (Å²) >= 11 is 3.57. The minimum atomic E-state index is -0.195. The third-order valence-electron chi connectivity index (χ3n) is 4.48. The molecule has 0 aliphatic carbocycles. The van der Waals surface area contributed by atoms with Crippen LogP contribution in [0.15, 0.2) is 35.7 Å². The predicted molar refractivity (Wildman–Crippen MR) is 115 cm³/mol. The Kier molecular flexibility index (Phi) is 7.15. The van der Waals surface area contributed by atoms with E-state index in [2.05, 4.69) is 40.4 Å². The average molecular weight is 404 g/mol. The van der Waals surface area contributed by atoms with E-state index < -0.39 is 0 Å². The molecule has 6 heteroatoms. The van der Waals surface area contributed by atoms with Gasteiger partial charge in [0.25, 0.3) is 0 Å². The first-order chi connectivity index (χ1) is 13.1. The molecule has 2 heterocycles. The molecule has 1 aromatic carbocycles. The molecule has 0 spiro atoms. The van der Waals surface area contributed by atoms with Gasteiger partial charge in [-0.05, 0) is 72.9 Å². The largest absolute Gasteiger partial charge is 0.316 e. The molecule has 0 bridgehead atoms. The number of rotatable bonds is 9. The third kappa shape index (κ3) is 5.03. The van der Waals surface area contributed by atoms with Crippen LogP contribution < -0.4 is 16.0 Å². The number of nitrogens with one attached hydrogen (secondary N) is 3. The molecule has 2 aromatic heterocycles. The molecule has 0 saturated carbocycles. The lowest BCUT2D eigenvalue weighted by molar-refractivity contribution is 0.627. The molecule has 3 aromatic rings. The molecule has 3 N–H and O–H groups in total. The number of thiophene rings is 2. The molecule has 0 aliphatic rings. The van der Waals surface area contributed by atoms with Crippen molar-refractivity contribution in [2.75, 3.05) is 14.1 Å². The van der Waals surface area contributed by atoms with Gasteiger partial charge < -0.3 is 16.0 Å². The molecule has 3 rings (SSSR count). The summed E-state index contributed by atoms with van der Waals surface area (Å²) in [4.78, 5) is 3.87. The van der Waals surface area contributed by atoms with Crippen molar-refractivity contribution in [2.45, 2.75) is 33.1 Å². The molecular weight excluding hydrogens is 377 g/mol. The molecule has 27 heavy (non-hydrogen) atoms. The summed E-state index contributed by atoms with van der Waals surface area (Å²) in [5.41, 5.74) is 4.55. The Morgan fingerprint density at radius 2 is 1.67 bits per heavy atom.